The smallest absolute Gasteiger partial charge is 0.0936 e. The number of benzene rings is 1. The van der Waals surface area contributed by atoms with Gasteiger partial charge in [-0.3, -0.25) is 9.97 Å². The molecule has 0 amide bonds. The Morgan fingerprint density at radius 2 is 1.92 bits per heavy atom. The van der Waals surface area contributed by atoms with E-state index in [9.17, 15) is 0 Å². The van der Waals surface area contributed by atoms with E-state index in [-0.39, 0.29) is 0 Å². The number of aromatic nitrogens is 2. The van der Waals surface area contributed by atoms with Crippen molar-refractivity contribution in [3.63, 3.8) is 0 Å². The van der Waals surface area contributed by atoms with Crippen molar-refractivity contribution in [1.29, 1.82) is 0 Å². The quantitative estimate of drug-likeness (QED) is 0.716. The Labute approximate surface area is 76.8 Å². The van der Waals surface area contributed by atoms with Crippen LogP contribution >= 0.6 is 0 Å². The van der Waals surface area contributed by atoms with Crippen molar-refractivity contribution < 1.29 is 0 Å². The van der Waals surface area contributed by atoms with Crippen LogP contribution in [0.1, 0.15) is 5.56 Å². The molecule has 13 heavy (non-hydrogen) atoms. The number of hydrogen-bond acceptors (Lipinski definition) is 3. The van der Waals surface area contributed by atoms with Crippen molar-refractivity contribution in [2.75, 3.05) is 12.4 Å². The first-order chi connectivity index (χ1) is 6.33. The highest BCUT2D eigenvalue weighted by atomic mass is 14.8. The number of anilines is 1. The van der Waals surface area contributed by atoms with Crippen LogP contribution < -0.4 is 5.32 Å². The molecule has 1 aromatic carbocycles. The van der Waals surface area contributed by atoms with Gasteiger partial charge in [0.05, 0.1) is 11.0 Å². The summed E-state index contributed by atoms with van der Waals surface area (Å²) < 4.78 is 0. The van der Waals surface area contributed by atoms with Gasteiger partial charge in [-0.2, -0.15) is 0 Å². The second-order valence-electron chi connectivity index (χ2n) is 2.91. The minimum atomic E-state index is 0.944. The molecule has 0 radical (unpaired) electrons. The first-order valence-corrected chi connectivity index (χ1v) is 4.21. The highest BCUT2D eigenvalue weighted by molar-refractivity contribution is 5.83. The van der Waals surface area contributed by atoms with Crippen molar-refractivity contribution in [2.24, 2.45) is 0 Å². The zero-order chi connectivity index (χ0) is 9.26. The summed E-state index contributed by atoms with van der Waals surface area (Å²) in [5.41, 5.74) is 4.16. The average Bonchev–Trinajstić information content (AvgIpc) is 2.19. The molecule has 3 heteroatoms. The Kier molecular flexibility index (Phi) is 1.85. The second kappa shape index (κ2) is 3.01. The van der Waals surface area contributed by atoms with Gasteiger partial charge in [0, 0.05) is 25.1 Å². The monoisotopic (exact) mass is 173 g/mol. The Balaban J connectivity index is 2.79. The maximum atomic E-state index is 4.29. The van der Waals surface area contributed by atoms with Crippen molar-refractivity contribution in [2.45, 2.75) is 6.92 Å². The minimum absolute atomic E-state index is 0.944. The van der Waals surface area contributed by atoms with Gasteiger partial charge in [-0.25, -0.2) is 0 Å². The van der Waals surface area contributed by atoms with Gasteiger partial charge < -0.3 is 5.32 Å². The van der Waals surface area contributed by atoms with E-state index in [0.717, 1.165) is 22.3 Å². The number of rotatable bonds is 1. The van der Waals surface area contributed by atoms with Gasteiger partial charge in [0.25, 0.3) is 0 Å². The summed E-state index contributed by atoms with van der Waals surface area (Å²) in [7, 11) is 1.91. The Morgan fingerprint density at radius 3 is 2.69 bits per heavy atom. The summed E-state index contributed by atoms with van der Waals surface area (Å²) in [6, 6.07) is 3.99. The molecule has 0 fully saturated rings. The largest absolute Gasteiger partial charge is 0.388 e. The van der Waals surface area contributed by atoms with E-state index in [2.05, 4.69) is 15.3 Å². The summed E-state index contributed by atoms with van der Waals surface area (Å²) in [5.74, 6) is 0. The fraction of sp³-hybridized carbons (Fsp3) is 0.200. The molecule has 0 aliphatic carbocycles. The predicted molar refractivity (Wildman–Crippen MR) is 53.8 cm³/mol. The molecule has 2 rings (SSSR count). The van der Waals surface area contributed by atoms with Crippen LogP contribution in [0, 0.1) is 6.92 Å². The van der Waals surface area contributed by atoms with E-state index in [1.54, 1.807) is 12.4 Å². The molecule has 0 atom stereocenters. The Morgan fingerprint density at radius 1 is 1.15 bits per heavy atom. The second-order valence-corrected chi connectivity index (χ2v) is 2.91. The number of hydrogen-bond donors (Lipinski definition) is 1. The lowest BCUT2D eigenvalue weighted by Crippen LogP contribution is -1.94. The molecule has 2 aromatic rings. The van der Waals surface area contributed by atoms with Gasteiger partial charge in [0.2, 0.25) is 0 Å². The van der Waals surface area contributed by atoms with Gasteiger partial charge >= 0.3 is 0 Å². The number of aryl methyl sites for hydroxylation is 1. The van der Waals surface area contributed by atoms with E-state index >= 15 is 0 Å². The molecule has 0 aliphatic heterocycles. The van der Waals surface area contributed by atoms with Gasteiger partial charge in [0.15, 0.2) is 0 Å². The van der Waals surface area contributed by atoms with Gasteiger partial charge in [0.1, 0.15) is 0 Å². The van der Waals surface area contributed by atoms with Crippen LogP contribution in [0.3, 0.4) is 0 Å². The molecular weight excluding hydrogens is 162 g/mol. The van der Waals surface area contributed by atoms with Crippen LogP contribution in [0.5, 0.6) is 0 Å². The molecule has 1 N–H and O–H groups in total. The van der Waals surface area contributed by atoms with Gasteiger partial charge in [-0.15, -0.1) is 0 Å². The molecule has 0 saturated heterocycles. The summed E-state index contributed by atoms with van der Waals surface area (Å²) in [5, 5.41) is 3.12. The predicted octanol–water partition coefficient (Wildman–Crippen LogP) is 1.98. The minimum Gasteiger partial charge on any atom is -0.388 e. The molecule has 0 unspecified atom stereocenters. The summed E-state index contributed by atoms with van der Waals surface area (Å²) >= 11 is 0. The lowest BCUT2D eigenvalue weighted by atomic mass is 10.1. The van der Waals surface area contributed by atoms with Crippen LogP contribution in [0.25, 0.3) is 11.0 Å². The van der Waals surface area contributed by atoms with Crippen molar-refractivity contribution in [3.05, 3.63) is 30.1 Å². The fourth-order valence-corrected chi connectivity index (χ4v) is 1.45. The lowest BCUT2D eigenvalue weighted by molar-refractivity contribution is 1.27. The molecule has 66 valence electrons. The van der Waals surface area contributed by atoms with Crippen molar-refractivity contribution >= 4 is 16.7 Å². The molecule has 0 bridgehead atoms. The van der Waals surface area contributed by atoms with Crippen molar-refractivity contribution in [1.82, 2.24) is 9.97 Å². The third-order valence-corrected chi connectivity index (χ3v) is 2.16. The highest BCUT2D eigenvalue weighted by Gasteiger charge is 2.02. The summed E-state index contributed by atoms with van der Waals surface area (Å²) in [6.07, 6.45) is 3.43. The van der Waals surface area contributed by atoms with E-state index in [0.29, 0.717) is 0 Å². The van der Waals surface area contributed by atoms with E-state index in [1.165, 1.54) is 0 Å². The Bertz CT molecular complexity index is 437. The van der Waals surface area contributed by atoms with E-state index in [1.807, 2.05) is 26.1 Å². The fourth-order valence-electron chi connectivity index (χ4n) is 1.45. The van der Waals surface area contributed by atoms with E-state index in [4.69, 9.17) is 0 Å². The third kappa shape index (κ3) is 1.22. The van der Waals surface area contributed by atoms with Crippen molar-refractivity contribution in [3.8, 4) is 0 Å². The maximum absolute atomic E-state index is 4.29. The van der Waals surface area contributed by atoms with Crippen LogP contribution in [-0.4, -0.2) is 17.0 Å². The van der Waals surface area contributed by atoms with Gasteiger partial charge in [-0.05, 0) is 24.6 Å². The highest BCUT2D eigenvalue weighted by Crippen LogP contribution is 2.21. The number of fused-ring (bicyclic) bond motifs is 1. The lowest BCUT2D eigenvalue weighted by Gasteiger charge is -2.06. The molecule has 0 spiro atoms. The van der Waals surface area contributed by atoms with Crippen LogP contribution in [0.4, 0.5) is 5.69 Å². The number of nitrogens with zero attached hydrogens (tertiary/aromatic N) is 2. The molecule has 0 saturated carbocycles. The zero-order valence-electron chi connectivity index (χ0n) is 7.70. The third-order valence-electron chi connectivity index (χ3n) is 2.16. The standard InChI is InChI=1S/C10H11N3/c1-7-8(11-2)3-4-9-10(7)13-6-5-12-9/h3-6,11H,1-2H3. The SMILES string of the molecule is CNc1ccc2nccnc2c1C. The Hall–Kier alpha value is -1.64. The molecule has 3 nitrogen and oxygen atoms in total. The molecule has 0 aliphatic rings. The summed E-state index contributed by atoms with van der Waals surface area (Å²) in [4.78, 5) is 8.51. The molecule has 1 aromatic heterocycles. The van der Waals surface area contributed by atoms with E-state index < -0.39 is 0 Å². The zero-order valence-corrected chi connectivity index (χ0v) is 7.70. The molecular formula is C10H11N3. The maximum Gasteiger partial charge on any atom is 0.0936 e. The normalized spacial score (nSPS) is 10.3. The molecule has 1 heterocycles. The van der Waals surface area contributed by atoms with Gasteiger partial charge in [-0.1, -0.05) is 0 Å². The summed E-state index contributed by atoms with van der Waals surface area (Å²) in [6.45, 7) is 2.04. The topological polar surface area (TPSA) is 37.8 Å². The first-order valence-electron chi connectivity index (χ1n) is 4.21. The first kappa shape index (κ1) is 7.98. The van der Waals surface area contributed by atoms with Crippen LogP contribution in [-0.2, 0) is 0 Å². The number of nitrogens with one attached hydrogen (secondary N) is 1. The van der Waals surface area contributed by atoms with Crippen LogP contribution in [0.15, 0.2) is 24.5 Å². The van der Waals surface area contributed by atoms with Crippen LogP contribution in [0.2, 0.25) is 0 Å². The average molecular weight is 173 g/mol.